The molecule has 3 saturated heterocycles. The zero-order valence-corrected chi connectivity index (χ0v) is 30.8. The molecule has 10 nitrogen and oxygen atoms in total. The first kappa shape index (κ1) is 38.0. The molecule has 3 amide bonds. The van der Waals surface area contributed by atoms with Crippen molar-refractivity contribution in [2.45, 2.75) is 96.2 Å². The number of fused-ring (bicyclic) bond motifs is 1. The van der Waals surface area contributed by atoms with Gasteiger partial charge >= 0.3 is 5.97 Å². The van der Waals surface area contributed by atoms with Crippen molar-refractivity contribution in [3.8, 4) is 0 Å². The highest BCUT2D eigenvalue weighted by atomic mass is 16.6. The van der Waals surface area contributed by atoms with E-state index in [1.54, 1.807) is 29.0 Å². The van der Waals surface area contributed by atoms with Gasteiger partial charge in [-0.1, -0.05) is 74.5 Å². The van der Waals surface area contributed by atoms with Crippen molar-refractivity contribution in [1.82, 2.24) is 9.80 Å². The summed E-state index contributed by atoms with van der Waals surface area (Å²) >= 11 is 0. The van der Waals surface area contributed by atoms with Crippen LogP contribution < -0.4 is 4.90 Å². The van der Waals surface area contributed by atoms with Crippen molar-refractivity contribution in [2.24, 2.45) is 17.8 Å². The molecule has 5 rings (SSSR count). The molecule has 2 bridgehead atoms. The van der Waals surface area contributed by atoms with Crippen LogP contribution >= 0.6 is 0 Å². The minimum absolute atomic E-state index is 0.110. The Morgan fingerprint density at radius 3 is 2.31 bits per heavy atom. The number of likely N-dealkylation sites (N-methyl/N-ethyl adjacent to an activating group) is 1. The number of nitrogens with zero attached hydrogens (tertiary/aromatic N) is 3. The number of aliphatic hydroxyl groups is 1. The van der Waals surface area contributed by atoms with Crippen LogP contribution in [0.2, 0.25) is 0 Å². The third-order valence-electron chi connectivity index (χ3n) is 11.2. The first-order valence-corrected chi connectivity index (χ1v) is 18.1. The molecule has 274 valence electrons. The predicted molar refractivity (Wildman–Crippen MR) is 196 cm³/mol. The van der Waals surface area contributed by atoms with Gasteiger partial charge in [-0.15, -0.1) is 13.2 Å². The number of para-hydroxylation sites is 1. The summed E-state index contributed by atoms with van der Waals surface area (Å²) in [5.41, 5.74) is 1.93. The molecule has 3 heterocycles. The summed E-state index contributed by atoms with van der Waals surface area (Å²) in [6.07, 6.45) is 3.53. The minimum Gasteiger partial charge on any atom is -0.455 e. The number of likely N-dealkylation sites (tertiary alicyclic amines) is 1. The van der Waals surface area contributed by atoms with Crippen LogP contribution in [0.3, 0.4) is 0 Å². The molecule has 0 radical (unpaired) electrons. The van der Waals surface area contributed by atoms with E-state index in [1.165, 1.54) is 4.90 Å². The van der Waals surface area contributed by atoms with Gasteiger partial charge in [-0.05, 0) is 62.6 Å². The molecular formula is C41H53N3O7. The first-order valence-electron chi connectivity index (χ1n) is 18.1. The van der Waals surface area contributed by atoms with E-state index in [-0.39, 0.29) is 37.3 Å². The van der Waals surface area contributed by atoms with Crippen molar-refractivity contribution >= 4 is 29.4 Å². The molecule has 10 heteroatoms. The maximum Gasteiger partial charge on any atom is 0.313 e. The standard InChI is InChI=1S/C41H53N3O7/c1-9-11-20-32(46)42(8)28(7)36(29-18-13-12-14-19-29)50-40(49)33-31-21-22-41(51-31)34(33)38(47)44(30(24-45)25(3)4)37(41)39(48)43(23-10-2)35-26(5)16-15-17-27(35)6/h9-10,12-19,25,28,30-31,33-34,36-37,45H,1-2,11,20-24H2,3-8H3/t28-,30+,31-,33+,34+,36+,37-,41+/m1/s1. The molecule has 1 spiro atoms. The zero-order chi connectivity index (χ0) is 37.2. The van der Waals surface area contributed by atoms with Crippen molar-refractivity contribution in [3.05, 3.63) is 90.5 Å². The number of benzene rings is 2. The highest BCUT2D eigenvalue weighted by molar-refractivity contribution is 6.05. The van der Waals surface area contributed by atoms with Crippen LogP contribution in [0.5, 0.6) is 0 Å². The van der Waals surface area contributed by atoms with Crippen molar-refractivity contribution in [2.75, 3.05) is 25.1 Å². The molecule has 1 N–H and O–H groups in total. The van der Waals surface area contributed by atoms with Gasteiger partial charge in [0.1, 0.15) is 17.7 Å². The van der Waals surface area contributed by atoms with E-state index < -0.39 is 59.6 Å². The van der Waals surface area contributed by atoms with E-state index in [1.807, 2.05) is 83.1 Å². The smallest absolute Gasteiger partial charge is 0.313 e. The Labute approximate surface area is 302 Å². The third kappa shape index (κ3) is 6.76. The number of aliphatic hydroxyl groups excluding tert-OH is 1. The van der Waals surface area contributed by atoms with Gasteiger partial charge in [0.25, 0.3) is 5.91 Å². The van der Waals surface area contributed by atoms with E-state index in [0.29, 0.717) is 24.8 Å². The number of ether oxygens (including phenoxy) is 2. The lowest BCUT2D eigenvalue weighted by Gasteiger charge is -2.41. The third-order valence-corrected chi connectivity index (χ3v) is 11.2. The average molecular weight is 700 g/mol. The van der Waals surface area contributed by atoms with E-state index in [4.69, 9.17) is 9.47 Å². The van der Waals surface area contributed by atoms with Gasteiger partial charge < -0.3 is 29.3 Å². The summed E-state index contributed by atoms with van der Waals surface area (Å²) in [4.78, 5) is 62.2. The van der Waals surface area contributed by atoms with Crippen LogP contribution in [0.25, 0.3) is 0 Å². The van der Waals surface area contributed by atoms with Crippen LogP contribution in [-0.2, 0) is 28.7 Å². The Morgan fingerprint density at radius 1 is 1.06 bits per heavy atom. The molecule has 3 aliphatic rings. The Bertz CT molecular complexity index is 1620. The van der Waals surface area contributed by atoms with E-state index in [9.17, 15) is 19.5 Å². The number of hydrogen-bond acceptors (Lipinski definition) is 7. The van der Waals surface area contributed by atoms with Crippen LogP contribution in [-0.4, -0.2) is 88.6 Å². The highest BCUT2D eigenvalue weighted by Crippen LogP contribution is 2.60. The summed E-state index contributed by atoms with van der Waals surface area (Å²) < 4.78 is 13.1. The Balaban J connectivity index is 1.55. The predicted octanol–water partition coefficient (Wildman–Crippen LogP) is 5.31. The number of aryl methyl sites for hydroxylation is 2. The minimum atomic E-state index is -1.30. The number of carbonyl (C=O) groups excluding carboxylic acids is 4. The molecule has 51 heavy (non-hydrogen) atoms. The molecule has 0 unspecified atom stereocenters. The number of rotatable bonds is 15. The number of carbonyl (C=O) groups is 4. The lowest BCUT2D eigenvalue weighted by atomic mass is 9.70. The molecular weight excluding hydrogens is 646 g/mol. The number of esters is 1. The second-order valence-corrected chi connectivity index (χ2v) is 14.6. The van der Waals surface area contributed by atoms with Crippen LogP contribution in [0.4, 0.5) is 5.69 Å². The van der Waals surface area contributed by atoms with E-state index >= 15 is 4.79 Å². The summed E-state index contributed by atoms with van der Waals surface area (Å²) in [6, 6.07) is 12.8. The molecule has 0 aliphatic carbocycles. The van der Waals surface area contributed by atoms with Gasteiger partial charge in [-0.2, -0.15) is 0 Å². The number of hydrogen-bond donors (Lipinski definition) is 1. The molecule has 2 aromatic rings. The molecule has 0 aromatic heterocycles. The lowest BCUT2D eigenvalue weighted by molar-refractivity contribution is -0.165. The second kappa shape index (κ2) is 15.5. The second-order valence-electron chi connectivity index (χ2n) is 14.6. The Kier molecular flexibility index (Phi) is 11.6. The van der Waals surface area contributed by atoms with Gasteiger partial charge in [0.2, 0.25) is 11.8 Å². The fourth-order valence-corrected chi connectivity index (χ4v) is 8.54. The maximum absolute atomic E-state index is 15.1. The topological polar surface area (TPSA) is 117 Å². The monoisotopic (exact) mass is 699 g/mol. The number of anilines is 1. The fraction of sp³-hybridized carbons (Fsp3) is 0.512. The summed E-state index contributed by atoms with van der Waals surface area (Å²) in [5, 5.41) is 10.7. The SMILES string of the molecule is C=CCCC(=O)N(C)[C@H](C)[C@H](OC(=O)[C@@H]1[C@H]2C(=O)N([C@@H](CO)C(C)C)[C@H](C(=O)N(CC=C)c3c(C)cccc3C)[C@]23CC[C@H]1O3)c1ccccc1. The number of allylic oxidation sites excluding steroid dienone is 1. The van der Waals surface area contributed by atoms with Crippen molar-refractivity contribution < 1.29 is 33.8 Å². The molecule has 3 fully saturated rings. The quantitative estimate of drug-likeness (QED) is 0.198. The van der Waals surface area contributed by atoms with Crippen LogP contribution in [0.1, 0.15) is 69.2 Å². The van der Waals surface area contributed by atoms with Gasteiger partial charge in [-0.25, -0.2) is 0 Å². The lowest BCUT2D eigenvalue weighted by Crippen LogP contribution is -2.60. The van der Waals surface area contributed by atoms with Gasteiger partial charge in [0.05, 0.1) is 36.6 Å². The van der Waals surface area contributed by atoms with Gasteiger partial charge in [0.15, 0.2) is 0 Å². The molecule has 8 atom stereocenters. The zero-order valence-electron chi connectivity index (χ0n) is 30.8. The molecule has 0 saturated carbocycles. The highest BCUT2D eigenvalue weighted by Gasteiger charge is 2.76. The summed E-state index contributed by atoms with van der Waals surface area (Å²) in [5.74, 6) is -3.63. The van der Waals surface area contributed by atoms with Gasteiger partial charge in [0, 0.05) is 25.7 Å². The largest absolute Gasteiger partial charge is 0.455 e. The van der Waals surface area contributed by atoms with E-state index in [0.717, 1.165) is 16.8 Å². The van der Waals surface area contributed by atoms with Crippen LogP contribution in [0, 0.1) is 31.6 Å². The summed E-state index contributed by atoms with van der Waals surface area (Å²) in [6.45, 7) is 17.0. The number of amides is 3. The Morgan fingerprint density at radius 2 is 1.73 bits per heavy atom. The molecule has 2 aromatic carbocycles. The molecule has 3 aliphatic heterocycles. The van der Waals surface area contributed by atoms with Crippen molar-refractivity contribution in [3.63, 3.8) is 0 Å². The summed E-state index contributed by atoms with van der Waals surface area (Å²) in [7, 11) is 1.69. The average Bonchev–Trinajstić information content (AvgIpc) is 3.76. The first-order chi connectivity index (χ1) is 24.3. The maximum atomic E-state index is 15.1. The van der Waals surface area contributed by atoms with Crippen molar-refractivity contribution in [1.29, 1.82) is 0 Å². The van der Waals surface area contributed by atoms with Crippen LogP contribution in [0.15, 0.2) is 73.8 Å². The fourth-order valence-electron chi connectivity index (χ4n) is 8.54. The normalized spacial score (nSPS) is 25.3. The Hall–Kier alpha value is -4.28. The van der Waals surface area contributed by atoms with E-state index in [2.05, 4.69) is 13.2 Å². The van der Waals surface area contributed by atoms with Gasteiger partial charge in [-0.3, -0.25) is 19.2 Å².